The third kappa shape index (κ3) is 3.90. The quantitative estimate of drug-likeness (QED) is 0.667. The molecule has 2 rings (SSSR count). The largest absolute Gasteiger partial charge is 0.465 e. The number of ether oxygens (including phenoxy) is 1. The molecule has 1 aromatic carbocycles. The van der Waals surface area contributed by atoms with Crippen molar-refractivity contribution in [2.45, 2.75) is 6.92 Å². The van der Waals surface area contributed by atoms with Crippen molar-refractivity contribution in [1.29, 1.82) is 0 Å². The van der Waals surface area contributed by atoms with Crippen LogP contribution in [-0.2, 0) is 4.74 Å². The fourth-order valence-corrected chi connectivity index (χ4v) is 2.66. The van der Waals surface area contributed by atoms with Crippen LogP contribution in [0.2, 0.25) is 0 Å². The molecule has 0 saturated heterocycles. The monoisotopic (exact) mass is 334 g/mol. The second-order valence-corrected chi connectivity index (χ2v) is 5.75. The van der Waals surface area contributed by atoms with E-state index in [9.17, 15) is 9.59 Å². The number of methoxy groups -OCH3 is 1. The molecule has 0 radical (unpaired) electrons. The smallest absolute Gasteiger partial charge is 0.350 e. The van der Waals surface area contributed by atoms with Crippen molar-refractivity contribution in [2.75, 3.05) is 12.4 Å². The Morgan fingerprint density at radius 2 is 1.86 bits per heavy atom. The molecular formula is C15H14N2O3S2. The van der Waals surface area contributed by atoms with Gasteiger partial charge in [-0.2, -0.15) is 0 Å². The van der Waals surface area contributed by atoms with Crippen molar-refractivity contribution in [1.82, 2.24) is 5.32 Å². The van der Waals surface area contributed by atoms with Gasteiger partial charge in [-0.05, 0) is 42.7 Å². The van der Waals surface area contributed by atoms with Gasteiger partial charge < -0.3 is 10.1 Å². The van der Waals surface area contributed by atoms with Gasteiger partial charge in [-0.3, -0.25) is 10.1 Å². The molecule has 0 bridgehead atoms. The van der Waals surface area contributed by atoms with Gasteiger partial charge in [0, 0.05) is 5.56 Å². The van der Waals surface area contributed by atoms with E-state index in [1.165, 1.54) is 18.4 Å². The number of thiocarbonyl (C=S) groups is 1. The number of benzene rings is 1. The molecule has 5 nitrogen and oxygen atoms in total. The minimum Gasteiger partial charge on any atom is -0.465 e. The number of hydrogen-bond donors (Lipinski definition) is 2. The molecule has 0 aliphatic rings. The molecule has 7 heteroatoms. The number of rotatable bonds is 3. The fourth-order valence-electron chi connectivity index (χ4n) is 1.69. The highest BCUT2D eigenvalue weighted by atomic mass is 32.1. The summed E-state index contributed by atoms with van der Waals surface area (Å²) >= 11 is 6.33. The van der Waals surface area contributed by atoms with Gasteiger partial charge in [0.15, 0.2) is 5.11 Å². The Morgan fingerprint density at radius 3 is 2.50 bits per heavy atom. The molecular weight excluding hydrogens is 320 g/mol. The van der Waals surface area contributed by atoms with Crippen molar-refractivity contribution in [3.8, 4) is 0 Å². The van der Waals surface area contributed by atoms with Crippen LogP contribution in [0.3, 0.4) is 0 Å². The van der Waals surface area contributed by atoms with E-state index in [1.54, 1.807) is 23.6 Å². The predicted molar refractivity (Wildman–Crippen MR) is 90.5 cm³/mol. The highest BCUT2D eigenvalue weighted by Gasteiger charge is 2.15. The first kappa shape index (κ1) is 16.1. The van der Waals surface area contributed by atoms with Gasteiger partial charge in [-0.15, -0.1) is 11.3 Å². The second kappa shape index (κ2) is 7.15. The Kier molecular flexibility index (Phi) is 5.24. The molecule has 0 aliphatic heterocycles. The van der Waals surface area contributed by atoms with Crippen LogP contribution in [0.25, 0.3) is 0 Å². The van der Waals surface area contributed by atoms with E-state index >= 15 is 0 Å². The number of carbonyl (C=O) groups excluding carboxylic acids is 2. The van der Waals surface area contributed by atoms with Crippen molar-refractivity contribution in [3.63, 3.8) is 0 Å². The maximum atomic E-state index is 12.0. The topological polar surface area (TPSA) is 67.4 Å². The second-order valence-electron chi connectivity index (χ2n) is 4.43. The van der Waals surface area contributed by atoms with E-state index in [1.807, 2.05) is 19.1 Å². The zero-order valence-electron chi connectivity index (χ0n) is 12.0. The summed E-state index contributed by atoms with van der Waals surface area (Å²) in [4.78, 5) is 24.0. The third-order valence-electron chi connectivity index (χ3n) is 2.83. The average Bonchev–Trinajstić information content (AvgIpc) is 2.95. The summed E-state index contributed by atoms with van der Waals surface area (Å²) in [5.41, 5.74) is 2.08. The number of carbonyl (C=O) groups is 2. The molecule has 0 spiro atoms. The standard InChI is InChI=1S/C15H14N2O3S2/c1-9-3-5-10(6-4-9)13(18)17-15(21)16-11-7-8-22-12(11)14(19)20-2/h3-8H,1-2H3,(H2,16,17,18,21). The molecule has 0 atom stereocenters. The van der Waals surface area contributed by atoms with Crippen LogP contribution in [0.5, 0.6) is 0 Å². The SMILES string of the molecule is COC(=O)c1sccc1NC(=S)NC(=O)c1ccc(C)cc1. The summed E-state index contributed by atoms with van der Waals surface area (Å²) in [7, 11) is 1.31. The molecule has 0 saturated carbocycles. The first-order valence-electron chi connectivity index (χ1n) is 6.36. The van der Waals surface area contributed by atoms with Crippen LogP contribution >= 0.6 is 23.6 Å². The number of hydrogen-bond acceptors (Lipinski definition) is 5. The molecule has 114 valence electrons. The van der Waals surface area contributed by atoms with Gasteiger partial charge in [0.2, 0.25) is 0 Å². The highest BCUT2D eigenvalue weighted by Crippen LogP contribution is 2.22. The lowest BCUT2D eigenvalue weighted by atomic mass is 10.1. The molecule has 1 heterocycles. The molecule has 0 unspecified atom stereocenters. The summed E-state index contributed by atoms with van der Waals surface area (Å²) in [6.07, 6.45) is 0. The zero-order chi connectivity index (χ0) is 16.1. The van der Waals surface area contributed by atoms with E-state index in [2.05, 4.69) is 15.4 Å². The van der Waals surface area contributed by atoms with Gasteiger partial charge in [0.25, 0.3) is 5.91 Å². The number of nitrogens with one attached hydrogen (secondary N) is 2. The van der Waals surface area contributed by atoms with Gasteiger partial charge >= 0.3 is 5.97 Å². The molecule has 2 N–H and O–H groups in total. The zero-order valence-corrected chi connectivity index (χ0v) is 13.6. The molecule has 1 amide bonds. The number of anilines is 1. The molecule has 1 aromatic heterocycles. The number of amides is 1. The Hall–Kier alpha value is -2.25. The van der Waals surface area contributed by atoms with Gasteiger partial charge in [0.05, 0.1) is 12.8 Å². The van der Waals surface area contributed by atoms with Crippen molar-refractivity contribution >= 4 is 46.2 Å². The van der Waals surface area contributed by atoms with Crippen LogP contribution in [0.1, 0.15) is 25.6 Å². The number of thiophene rings is 1. The van der Waals surface area contributed by atoms with Crippen molar-refractivity contribution in [3.05, 3.63) is 51.7 Å². The first-order chi connectivity index (χ1) is 10.5. The fraction of sp³-hybridized carbons (Fsp3) is 0.133. The summed E-state index contributed by atoms with van der Waals surface area (Å²) in [6, 6.07) is 8.83. The molecule has 22 heavy (non-hydrogen) atoms. The van der Waals surface area contributed by atoms with Crippen LogP contribution in [0.4, 0.5) is 5.69 Å². The van der Waals surface area contributed by atoms with Crippen LogP contribution < -0.4 is 10.6 Å². The lowest BCUT2D eigenvalue weighted by Gasteiger charge is -2.09. The lowest BCUT2D eigenvalue weighted by molar-refractivity contribution is 0.0607. The van der Waals surface area contributed by atoms with E-state index < -0.39 is 5.97 Å². The van der Waals surface area contributed by atoms with E-state index in [0.29, 0.717) is 16.1 Å². The van der Waals surface area contributed by atoms with Crippen LogP contribution in [0, 0.1) is 6.92 Å². The van der Waals surface area contributed by atoms with Gasteiger partial charge in [0.1, 0.15) is 4.88 Å². The van der Waals surface area contributed by atoms with Crippen molar-refractivity contribution in [2.24, 2.45) is 0 Å². The van der Waals surface area contributed by atoms with Crippen molar-refractivity contribution < 1.29 is 14.3 Å². The minimum absolute atomic E-state index is 0.120. The first-order valence-corrected chi connectivity index (χ1v) is 7.65. The average molecular weight is 334 g/mol. The third-order valence-corrected chi connectivity index (χ3v) is 3.92. The number of aryl methyl sites for hydroxylation is 1. The van der Waals surface area contributed by atoms with E-state index in [0.717, 1.165) is 5.56 Å². The lowest BCUT2D eigenvalue weighted by Crippen LogP contribution is -2.34. The Bertz CT molecular complexity index is 708. The summed E-state index contributed by atoms with van der Waals surface area (Å²) in [6.45, 7) is 1.94. The molecule has 0 aliphatic carbocycles. The minimum atomic E-state index is -0.454. The summed E-state index contributed by atoms with van der Waals surface area (Å²) < 4.78 is 4.68. The maximum absolute atomic E-state index is 12.0. The molecule has 2 aromatic rings. The van der Waals surface area contributed by atoms with Gasteiger partial charge in [-0.1, -0.05) is 17.7 Å². The maximum Gasteiger partial charge on any atom is 0.350 e. The Labute approximate surface area is 137 Å². The van der Waals surface area contributed by atoms with E-state index in [4.69, 9.17) is 12.2 Å². The predicted octanol–water partition coefficient (Wildman–Crippen LogP) is 2.97. The van der Waals surface area contributed by atoms with Crippen LogP contribution in [-0.4, -0.2) is 24.1 Å². The summed E-state index contributed by atoms with van der Waals surface area (Å²) in [5.74, 6) is -0.766. The Balaban J connectivity index is 2.01. The van der Waals surface area contributed by atoms with E-state index in [-0.39, 0.29) is 11.0 Å². The summed E-state index contributed by atoms with van der Waals surface area (Å²) in [5, 5.41) is 7.25. The molecule has 0 fully saturated rings. The van der Waals surface area contributed by atoms with Gasteiger partial charge in [-0.25, -0.2) is 4.79 Å². The van der Waals surface area contributed by atoms with Crippen LogP contribution in [0.15, 0.2) is 35.7 Å². The highest BCUT2D eigenvalue weighted by molar-refractivity contribution is 7.80. The normalized spacial score (nSPS) is 9.91. The number of esters is 1. The Morgan fingerprint density at radius 1 is 1.18 bits per heavy atom.